The van der Waals surface area contributed by atoms with Crippen molar-refractivity contribution in [2.24, 2.45) is 0 Å². The molecule has 1 aliphatic rings. The molecule has 0 bridgehead atoms. The van der Waals surface area contributed by atoms with Gasteiger partial charge in [0, 0.05) is 11.6 Å². The van der Waals surface area contributed by atoms with Crippen molar-refractivity contribution in [1.29, 1.82) is 0 Å². The average molecular weight is 217 g/mol. The monoisotopic (exact) mass is 217 g/mol. The summed E-state index contributed by atoms with van der Waals surface area (Å²) >= 11 is 1.66. The van der Waals surface area contributed by atoms with Gasteiger partial charge in [-0.25, -0.2) is 0 Å². The lowest BCUT2D eigenvalue weighted by molar-refractivity contribution is 0.977. The van der Waals surface area contributed by atoms with Gasteiger partial charge in [0.15, 0.2) is 0 Å². The Kier molecular flexibility index (Phi) is 2.14. The maximum absolute atomic E-state index is 4.18. The van der Waals surface area contributed by atoms with E-state index in [4.69, 9.17) is 0 Å². The number of nitrogens with zero attached hydrogens (tertiary/aromatic N) is 2. The molecule has 0 amide bonds. The van der Waals surface area contributed by atoms with E-state index in [0.717, 1.165) is 10.8 Å². The van der Waals surface area contributed by atoms with Gasteiger partial charge < -0.3 is 5.32 Å². The molecule has 4 heteroatoms. The Hall–Kier alpha value is -1.42. The fraction of sp³-hybridized carbons (Fsp3) is 0.273. The van der Waals surface area contributed by atoms with Gasteiger partial charge in [0.05, 0.1) is 0 Å². The lowest BCUT2D eigenvalue weighted by atomic mass is 10.3. The zero-order valence-electron chi connectivity index (χ0n) is 8.18. The normalized spacial score (nSPS) is 15.2. The van der Waals surface area contributed by atoms with Crippen molar-refractivity contribution in [3.8, 4) is 0 Å². The number of hydrogen-bond acceptors (Lipinski definition) is 4. The van der Waals surface area contributed by atoms with Crippen LogP contribution in [-0.2, 0) is 0 Å². The highest BCUT2D eigenvalue weighted by Gasteiger charge is 2.27. The molecule has 2 aromatic rings. The fourth-order valence-corrected chi connectivity index (χ4v) is 2.36. The maximum atomic E-state index is 4.18. The number of para-hydroxylation sites is 1. The van der Waals surface area contributed by atoms with Crippen molar-refractivity contribution in [1.82, 2.24) is 10.2 Å². The number of anilines is 2. The summed E-state index contributed by atoms with van der Waals surface area (Å²) in [7, 11) is 0. The first-order valence-corrected chi connectivity index (χ1v) is 5.89. The first kappa shape index (κ1) is 8.85. The first-order chi connectivity index (χ1) is 7.42. The standard InChI is InChI=1S/C11H11N3S/c1-2-4-9(5-3-1)12-11-14-13-10(15-11)8-6-7-8/h1-5,8H,6-7H2,(H,12,14). The summed E-state index contributed by atoms with van der Waals surface area (Å²) in [6, 6.07) is 10.1. The van der Waals surface area contributed by atoms with Crippen LogP contribution in [0.2, 0.25) is 0 Å². The van der Waals surface area contributed by atoms with E-state index in [0.29, 0.717) is 5.92 Å². The van der Waals surface area contributed by atoms with Crippen LogP contribution in [0.25, 0.3) is 0 Å². The lowest BCUT2D eigenvalue weighted by Gasteiger charge is -1.99. The van der Waals surface area contributed by atoms with E-state index in [1.807, 2.05) is 30.3 Å². The van der Waals surface area contributed by atoms with Gasteiger partial charge in [-0.15, -0.1) is 10.2 Å². The van der Waals surface area contributed by atoms with Gasteiger partial charge in [0.1, 0.15) is 5.01 Å². The quantitative estimate of drug-likeness (QED) is 0.858. The van der Waals surface area contributed by atoms with E-state index in [1.54, 1.807) is 11.3 Å². The molecule has 0 aliphatic heterocycles. The molecule has 3 nitrogen and oxygen atoms in total. The predicted molar refractivity (Wildman–Crippen MR) is 61.6 cm³/mol. The van der Waals surface area contributed by atoms with Crippen molar-refractivity contribution < 1.29 is 0 Å². The maximum Gasteiger partial charge on any atom is 0.210 e. The van der Waals surface area contributed by atoms with Crippen LogP contribution in [-0.4, -0.2) is 10.2 Å². The van der Waals surface area contributed by atoms with E-state index >= 15 is 0 Å². The summed E-state index contributed by atoms with van der Waals surface area (Å²) < 4.78 is 0. The molecule has 3 rings (SSSR count). The molecule has 1 saturated carbocycles. The smallest absolute Gasteiger partial charge is 0.210 e. The van der Waals surface area contributed by atoms with Gasteiger partial charge in [-0.05, 0) is 25.0 Å². The number of aromatic nitrogens is 2. The van der Waals surface area contributed by atoms with Crippen molar-refractivity contribution in [2.45, 2.75) is 18.8 Å². The summed E-state index contributed by atoms with van der Waals surface area (Å²) in [6.07, 6.45) is 2.56. The molecule has 76 valence electrons. The van der Waals surface area contributed by atoms with Crippen molar-refractivity contribution in [3.63, 3.8) is 0 Å². The first-order valence-electron chi connectivity index (χ1n) is 5.07. The third kappa shape index (κ3) is 1.99. The molecule has 15 heavy (non-hydrogen) atoms. The van der Waals surface area contributed by atoms with E-state index in [1.165, 1.54) is 17.8 Å². The fourth-order valence-electron chi connectivity index (χ4n) is 1.43. The molecule has 1 aromatic heterocycles. The Morgan fingerprint density at radius 2 is 1.93 bits per heavy atom. The molecule has 1 aliphatic carbocycles. The molecular formula is C11H11N3S. The third-order valence-electron chi connectivity index (χ3n) is 2.39. The van der Waals surface area contributed by atoms with E-state index in [9.17, 15) is 0 Å². The van der Waals surface area contributed by atoms with Crippen LogP contribution >= 0.6 is 11.3 Å². The van der Waals surface area contributed by atoms with Gasteiger partial charge in [-0.1, -0.05) is 29.5 Å². The SMILES string of the molecule is c1ccc(Nc2nnc(C3CC3)s2)cc1. The second kappa shape index (κ2) is 3.62. The van der Waals surface area contributed by atoms with Crippen LogP contribution < -0.4 is 5.32 Å². The van der Waals surface area contributed by atoms with Crippen LogP contribution in [0.1, 0.15) is 23.8 Å². The second-order valence-electron chi connectivity index (χ2n) is 3.71. The van der Waals surface area contributed by atoms with E-state index in [2.05, 4.69) is 15.5 Å². The average Bonchev–Trinajstić information content (AvgIpc) is 3.02. The molecule has 1 heterocycles. The Labute approximate surface area is 92.2 Å². The Balaban J connectivity index is 1.76. The van der Waals surface area contributed by atoms with Gasteiger partial charge >= 0.3 is 0 Å². The zero-order chi connectivity index (χ0) is 10.1. The van der Waals surface area contributed by atoms with Gasteiger partial charge in [-0.2, -0.15) is 0 Å². The highest BCUT2D eigenvalue weighted by atomic mass is 32.1. The number of hydrogen-bond donors (Lipinski definition) is 1. The molecule has 0 radical (unpaired) electrons. The zero-order valence-corrected chi connectivity index (χ0v) is 9.00. The number of benzene rings is 1. The second-order valence-corrected chi connectivity index (χ2v) is 4.72. The van der Waals surface area contributed by atoms with E-state index in [-0.39, 0.29) is 0 Å². The Bertz CT molecular complexity index is 448. The van der Waals surface area contributed by atoms with Crippen molar-refractivity contribution in [3.05, 3.63) is 35.3 Å². The summed E-state index contributed by atoms with van der Waals surface area (Å²) in [5.41, 5.74) is 1.07. The predicted octanol–water partition coefficient (Wildman–Crippen LogP) is 3.16. The molecule has 1 N–H and O–H groups in total. The molecule has 0 spiro atoms. The Morgan fingerprint density at radius 1 is 1.13 bits per heavy atom. The molecule has 0 unspecified atom stereocenters. The third-order valence-corrected chi connectivity index (χ3v) is 3.39. The van der Waals surface area contributed by atoms with Crippen LogP contribution in [0.15, 0.2) is 30.3 Å². The minimum absolute atomic E-state index is 0.689. The summed E-state index contributed by atoms with van der Waals surface area (Å²) in [5, 5.41) is 13.6. The highest BCUT2D eigenvalue weighted by molar-refractivity contribution is 7.15. The summed E-state index contributed by atoms with van der Waals surface area (Å²) in [6.45, 7) is 0. The number of rotatable bonds is 3. The van der Waals surface area contributed by atoms with Crippen LogP contribution in [0.4, 0.5) is 10.8 Å². The van der Waals surface area contributed by atoms with Gasteiger partial charge in [-0.3, -0.25) is 0 Å². The topological polar surface area (TPSA) is 37.8 Å². The summed E-state index contributed by atoms with van der Waals surface area (Å²) in [4.78, 5) is 0. The molecule has 0 saturated heterocycles. The Morgan fingerprint density at radius 3 is 2.67 bits per heavy atom. The van der Waals surface area contributed by atoms with Crippen LogP contribution in [0, 0.1) is 0 Å². The molecule has 0 atom stereocenters. The molecular weight excluding hydrogens is 206 g/mol. The highest BCUT2D eigenvalue weighted by Crippen LogP contribution is 2.42. The van der Waals surface area contributed by atoms with Crippen LogP contribution in [0.3, 0.4) is 0 Å². The number of nitrogens with one attached hydrogen (secondary N) is 1. The van der Waals surface area contributed by atoms with Crippen molar-refractivity contribution >= 4 is 22.2 Å². The largest absolute Gasteiger partial charge is 0.330 e. The van der Waals surface area contributed by atoms with E-state index < -0.39 is 0 Å². The molecule has 1 fully saturated rings. The van der Waals surface area contributed by atoms with Gasteiger partial charge in [0.2, 0.25) is 5.13 Å². The summed E-state index contributed by atoms with van der Waals surface area (Å²) in [5.74, 6) is 0.689. The molecule has 1 aromatic carbocycles. The van der Waals surface area contributed by atoms with Crippen LogP contribution in [0.5, 0.6) is 0 Å². The lowest BCUT2D eigenvalue weighted by Crippen LogP contribution is -1.87. The minimum atomic E-state index is 0.689. The van der Waals surface area contributed by atoms with Gasteiger partial charge in [0.25, 0.3) is 0 Å². The van der Waals surface area contributed by atoms with Crippen molar-refractivity contribution in [2.75, 3.05) is 5.32 Å². The minimum Gasteiger partial charge on any atom is -0.330 e.